The normalized spacial score (nSPS) is 11.5. The summed E-state index contributed by atoms with van der Waals surface area (Å²) in [5.41, 5.74) is 0.525. The van der Waals surface area contributed by atoms with Crippen molar-refractivity contribution in [3.05, 3.63) is 41.8 Å². The first-order valence-electron chi connectivity index (χ1n) is 8.38. The maximum Gasteiger partial charge on any atom is 0.240 e. The van der Waals surface area contributed by atoms with E-state index in [9.17, 15) is 13.2 Å². The Hall–Kier alpha value is -2.21. The van der Waals surface area contributed by atoms with Crippen LogP contribution in [0.1, 0.15) is 6.92 Å². The zero-order chi connectivity index (χ0) is 20.1. The van der Waals surface area contributed by atoms with Gasteiger partial charge in [0.15, 0.2) is 11.0 Å². The van der Waals surface area contributed by atoms with Crippen molar-refractivity contribution in [1.82, 2.24) is 19.5 Å². The first kappa shape index (κ1) is 20.5. The summed E-state index contributed by atoms with van der Waals surface area (Å²) < 4.78 is 27.7. The number of benzene rings is 1. The number of amides is 1. The second-order valence-corrected chi connectivity index (χ2v) is 9.37. The van der Waals surface area contributed by atoms with E-state index in [-0.39, 0.29) is 16.6 Å². The van der Waals surface area contributed by atoms with Gasteiger partial charge in [0.2, 0.25) is 15.9 Å². The van der Waals surface area contributed by atoms with E-state index < -0.39 is 10.0 Å². The summed E-state index contributed by atoms with van der Waals surface area (Å²) >= 11 is 2.89. The summed E-state index contributed by atoms with van der Waals surface area (Å²) in [6, 6.07) is 9.93. The first-order chi connectivity index (χ1) is 13.4. The molecule has 2 heterocycles. The van der Waals surface area contributed by atoms with Gasteiger partial charge >= 0.3 is 0 Å². The molecule has 3 aromatic rings. The number of sulfonamides is 1. The Morgan fingerprint density at radius 2 is 1.96 bits per heavy atom. The lowest BCUT2D eigenvalue weighted by Gasteiger charge is -2.08. The van der Waals surface area contributed by atoms with Crippen molar-refractivity contribution in [1.29, 1.82) is 0 Å². The van der Waals surface area contributed by atoms with Crippen molar-refractivity contribution in [3.63, 3.8) is 0 Å². The molecule has 3 rings (SSSR count). The lowest BCUT2D eigenvalue weighted by atomic mass is 10.3. The number of thiophene rings is 1. The number of hydrogen-bond donors (Lipinski definition) is 2. The Labute approximate surface area is 171 Å². The molecular formula is C17H19N5O3S3. The molecule has 1 amide bonds. The molecule has 0 spiro atoms. The van der Waals surface area contributed by atoms with Crippen LogP contribution in [0.5, 0.6) is 0 Å². The van der Waals surface area contributed by atoms with E-state index in [0.29, 0.717) is 17.4 Å². The zero-order valence-electron chi connectivity index (χ0n) is 15.2. The molecule has 2 N–H and O–H groups in total. The summed E-state index contributed by atoms with van der Waals surface area (Å²) in [4.78, 5) is 13.4. The number of nitrogens with zero attached hydrogens (tertiary/aromatic N) is 3. The molecular weight excluding hydrogens is 418 g/mol. The fourth-order valence-corrected chi connectivity index (χ4v) is 4.68. The zero-order valence-corrected chi connectivity index (χ0v) is 17.7. The van der Waals surface area contributed by atoms with Crippen molar-refractivity contribution in [3.8, 4) is 10.7 Å². The Morgan fingerprint density at radius 1 is 1.21 bits per heavy atom. The van der Waals surface area contributed by atoms with Gasteiger partial charge in [-0.05, 0) is 49.7 Å². The van der Waals surface area contributed by atoms with Crippen molar-refractivity contribution in [2.75, 3.05) is 18.1 Å². The minimum absolute atomic E-state index is 0.138. The maximum atomic E-state index is 12.2. The number of hydrogen-bond acceptors (Lipinski definition) is 7. The molecule has 0 atom stereocenters. The number of thioether (sulfide) groups is 1. The molecule has 11 heteroatoms. The fourth-order valence-electron chi connectivity index (χ4n) is 2.43. The predicted molar refractivity (Wildman–Crippen MR) is 111 cm³/mol. The molecule has 0 aliphatic carbocycles. The van der Waals surface area contributed by atoms with E-state index in [4.69, 9.17) is 0 Å². The highest BCUT2D eigenvalue weighted by Crippen LogP contribution is 2.27. The average Bonchev–Trinajstić information content (AvgIpc) is 3.36. The summed E-state index contributed by atoms with van der Waals surface area (Å²) in [5.74, 6) is 0.748. The van der Waals surface area contributed by atoms with Gasteiger partial charge in [-0.15, -0.1) is 21.5 Å². The smallest absolute Gasteiger partial charge is 0.240 e. The van der Waals surface area contributed by atoms with E-state index in [0.717, 1.165) is 10.7 Å². The first-order valence-corrected chi connectivity index (χ1v) is 11.7. The summed E-state index contributed by atoms with van der Waals surface area (Å²) in [6.45, 7) is 2.71. The van der Waals surface area contributed by atoms with Crippen LogP contribution >= 0.6 is 23.1 Å². The number of rotatable bonds is 8. The van der Waals surface area contributed by atoms with Gasteiger partial charge < -0.3 is 9.88 Å². The molecule has 28 heavy (non-hydrogen) atoms. The third-order valence-electron chi connectivity index (χ3n) is 3.82. The second kappa shape index (κ2) is 8.86. The van der Waals surface area contributed by atoms with Crippen LogP contribution in [-0.4, -0.2) is 41.9 Å². The molecule has 0 bridgehead atoms. The molecule has 148 valence electrons. The van der Waals surface area contributed by atoms with Crippen LogP contribution in [0.15, 0.2) is 51.8 Å². The highest BCUT2D eigenvalue weighted by molar-refractivity contribution is 7.99. The molecule has 0 aliphatic rings. The van der Waals surface area contributed by atoms with Crippen molar-refractivity contribution in [2.24, 2.45) is 0 Å². The summed E-state index contributed by atoms with van der Waals surface area (Å²) in [5, 5.41) is 13.9. The Bertz CT molecular complexity index is 1040. The largest absolute Gasteiger partial charge is 0.325 e. The number of nitrogens with one attached hydrogen (secondary N) is 2. The number of carbonyl (C=O) groups excluding carboxylic acids is 1. The van der Waals surface area contributed by atoms with Crippen molar-refractivity contribution < 1.29 is 13.2 Å². The highest BCUT2D eigenvalue weighted by atomic mass is 32.2. The van der Waals surface area contributed by atoms with Gasteiger partial charge in [-0.2, -0.15) is 0 Å². The van der Waals surface area contributed by atoms with Gasteiger partial charge in [0.1, 0.15) is 0 Å². The van der Waals surface area contributed by atoms with E-state index in [1.54, 1.807) is 23.5 Å². The number of aromatic nitrogens is 3. The van der Waals surface area contributed by atoms with Crippen LogP contribution in [0.25, 0.3) is 10.7 Å². The van der Waals surface area contributed by atoms with Gasteiger partial charge in [0, 0.05) is 12.2 Å². The molecule has 0 aliphatic heterocycles. The number of carbonyl (C=O) groups is 1. The second-order valence-electron chi connectivity index (χ2n) is 5.60. The van der Waals surface area contributed by atoms with Gasteiger partial charge in [0.25, 0.3) is 0 Å². The summed E-state index contributed by atoms with van der Waals surface area (Å²) in [7, 11) is -2.15. The topological polar surface area (TPSA) is 106 Å². The average molecular weight is 438 g/mol. The van der Waals surface area contributed by atoms with E-state index in [1.165, 1.54) is 30.9 Å². The molecule has 0 unspecified atom stereocenters. The maximum absolute atomic E-state index is 12.2. The van der Waals surface area contributed by atoms with E-state index >= 15 is 0 Å². The monoisotopic (exact) mass is 437 g/mol. The third-order valence-corrected chi connectivity index (χ3v) is 7.09. The highest BCUT2D eigenvalue weighted by Gasteiger charge is 2.15. The predicted octanol–water partition coefficient (Wildman–Crippen LogP) is 2.67. The lowest BCUT2D eigenvalue weighted by Crippen LogP contribution is -2.18. The quantitative estimate of drug-likeness (QED) is 0.525. The molecule has 0 saturated heterocycles. The Balaban J connectivity index is 1.62. The SMILES string of the molecule is CCn1c(SCC(=O)Nc2ccc(S(=O)(=O)NC)cc2)nnc1-c1cccs1. The minimum Gasteiger partial charge on any atom is -0.325 e. The van der Waals surface area contributed by atoms with Crippen LogP contribution in [0, 0.1) is 0 Å². The van der Waals surface area contributed by atoms with Crippen LogP contribution in [-0.2, 0) is 21.4 Å². The molecule has 8 nitrogen and oxygen atoms in total. The van der Waals surface area contributed by atoms with Crippen LogP contribution in [0.2, 0.25) is 0 Å². The third kappa shape index (κ3) is 4.61. The molecule has 0 saturated carbocycles. The minimum atomic E-state index is -3.50. The van der Waals surface area contributed by atoms with Gasteiger partial charge in [-0.3, -0.25) is 4.79 Å². The van der Waals surface area contributed by atoms with E-state index in [2.05, 4.69) is 20.2 Å². The molecule has 1 aromatic carbocycles. The van der Waals surface area contributed by atoms with Gasteiger partial charge in [0.05, 0.1) is 15.5 Å². The standard InChI is InChI=1S/C17H19N5O3S3/c1-3-22-16(14-5-4-10-26-14)20-21-17(22)27-11-15(23)19-12-6-8-13(9-7-12)28(24,25)18-2/h4-10,18H,3,11H2,1-2H3,(H,19,23). The molecule has 0 radical (unpaired) electrons. The van der Waals surface area contributed by atoms with Gasteiger partial charge in [-0.1, -0.05) is 17.8 Å². The van der Waals surface area contributed by atoms with Gasteiger partial charge in [-0.25, -0.2) is 13.1 Å². The van der Waals surface area contributed by atoms with Crippen LogP contribution in [0.4, 0.5) is 5.69 Å². The van der Waals surface area contributed by atoms with Crippen LogP contribution in [0.3, 0.4) is 0 Å². The van der Waals surface area contributed by atoms with Crippen molar-refractivity contribution >= 4 is 44.7 Å². The number of anilines is 1. The Kier molecular flexibility index (Phi) is 6.50. The Morgan fingerprint density at radius 3 is 2.57 bits per heavy atom. The fraction of sp³-hybridized carbons (Fsp3) is 0.235. The summed E-state index contributed by atoms with van der Waals surface area (Å²) in [6.07, 6.45) is 0. The van der Waals surface area contributed by atoms with Crippen LogP contribution < -0.4 is 10.0 Å². The lowest BCUT2D eigenvalue weighted by molar-refractivity contribution is -0.113. The van der Waals surface area contributed by atoms with Crippen molar-refractivity contribution in [2.45, 2.75) is 23.5 Å². The van der Waals surface area contributed by atoms with E-state index in [1.807, 2.05) is 29.0 Å². The molecule has 2 aromatic heterocycles. The molecule has 0 fully saturated rings.